The van der Waals surface area contributed by atoms with Crippen molar-refractivity contribution in [1.29, 1.82) is 0 Å². The molecule has 1 saturated heterocycles. The van der Waals surface area contributed by atoms with Gasteiger partial charge in [-0.05, 0) is 33.4 Å². The lowest BCUT2D eigenvalue weighted by molar-refractivity contribution is -0.125. The van der Waals surface area contributed by atoms with E-state index in [9.17, 15) is 9.59 Å². The van der Waals surface area contributed by atoms with Gasteiger partial charge in [0.25, 0.3) is 0 Å². The van der Waals surface area contributed by atoms with Crippen LogP contribution in [0.25, 0.3) is 0 Å². The van der Waals surface area contributed by atoms with Gasteiger partial charge in [0.2, 0.25) is 11.9 Å². The number of urea groups is 1. The molecule has 43 heavy (non-hydrogen) atoms. The Bertz CT molecular complexity index is 1350. The number of benzene rings is 1. The number of carbonyl (C=O) groups is 2. The number of nitrogens with one attached hydrogen (secondary N) is 1. The maximum Gasteiger partial charge on any atom is 0.330 e. The third-order valence-corrected chi connectivity index (χ3v) is 8.90. The van der Waals surface area contributed by atoms with E-state index in [4.69, 9.17) is 37.7 Å². The van der Waals surface area contributed by atoms with Crippen LogP contribution in [0, 0.1) is 0 Å². The van der Waals surface area contributed by atoms with Gasteiger partial charge in [0.05, 0.1) is 32.5 Å². The number of halogens is 2. The second-order valence-electron chi connectivity index (χ2n) is 11.4. The average molecular weight is 633 g/mol. The molecule has 232 valence electrons. The van der Waals surface area contributed by atoms with Crippen molar-refractivity contribution in [3.63, 3.8) is 0 Å². The van der Waals surface area contributed by atoms with Crippen molar-refractivity contribution in [2.24, 2.45) is 0 Å². The van der Waals surface area contributed by atoms with Crippen LogP contribution in [0.4, 0.5) is 22.2 Å². The molecule has 13 heteroatoms. The lowest BCUT2D eigenvalue weighted by atomic mass is 9.96. The Morgan fingerprint density at radius 3 is 2.47 bits per heavy atom. The number of likely N-dealkylation sites (tertiary alicyclic amines) is 1. The van der Waals surface area contributed by atoms with Gasteiger partial charge in [-0.15, -0.1) is 0 Å². The molecule has 1 saturated carbocycles. The lowest BCUT2D eigenvalue weighted by Gasteiger charge is -2.40. The van der Waals surface area contributed by atoms with Crippen molar-refractivity contribution in [1.82, 2.24) is 19.8 Å². The summed E-state index contributed by atoms with van der Waals surface area (Å²) in [5.74, 6) is 1.59. The van der Waals surface area contributed by atoms with Crippen molar-refractivity contribution in [2.45, 2.75) is 57.2 Å². The van der Waals surface area contributed by atoms with E-state index in [0.29, 0.717) is 55.4 Å². The fourth-order valence-corrected chi connectivity index (χ4v) is 6.62. The topological polar surface area (TPSA) is 103 Å². The number of methoxy groups -OCH3 is 2. The van der Waals surface area contributed by atoms with Crippen molar-refractivity contribution < 1.29 is 19.1 Å². The number of hydrogen-bond acceptors (Lipinski definition) is 8. The molecule has 3 aliphatic rings. The van der Waals surface area contributed by atoms with Gasteiger partial charge >= 0.3 is 6.03 Å². The molecule has 3 heterocycles. The Kier molecular flexibility index (Phi) is 9.83. The summed E-state index contributed by atoms with van der Waals surface area (Å²) in [5, 5.41) is 3.86. The predicted octanol–water partition coefficient (Wildman–Crippen LogP) is 5.21. The SMILES string of the molecule is COc1cc(OC)c(Cl)c(N2Cc3cnc(NC4CCCCC4)nc3N(C3CCN(C(=O)C=CCN(C)C)C3)C2=O)c1Cl. The van der Waals surface area contributed by atoms with Crippen molar-refractivity contribution in [2.75, 3.05) is 63.1 Å². The van der Waals surface area contributed by atoms with Crippen LogP contribution in [0.5, 0.6) is 11.5 Å². The molecule has 1 atom stereocenters. The Balaban J connectivity index is 1.51. The first-order chi connectivity index (χ1) is 20.7. The first-order valence-electron chi connectivity index (χ1n) is 14.6. The number of hydrogen-bond donors (Lipinski definition) is 1. The minimum atomic E-state index is -0.351. The number of anilines is 3. The van der Waals surface area contributed by atoms with Crippen LogP contribution in [-0.2, 0) is 11.3 Å². The maximum atomic E-state index is 14.5. The molecular formula is C30H39Cl2N7O4. The summed E-state index contributed by atoms with van der Waals surface area (Å²) >= 11 is 13.5. The standard InChI is InChI=1S/C30H39Cl2N7O4/c1-36(2)13-8-11-24(40)37-14-12-21(18-37)39-28-19(16-33-29(35-28)34-20-9-6-5-7-10-20)17-38(30(39)41)27-25(31)22(42-3)15-23(43-4)26(27)32/h8,11,15-16,20-21H,5-7,9-10,12-14,17-18H2,1-4H3,(H,33,34,35). The summed E-state index contributed by atoms with van der Waals surface area (Å²) < 4.78 is 10.9. The summed E-state index contributed by atoms with van der Waals surface area (Å²) in [6, 6.07) is 1.22. The Morgan fingerprint density at radius 2 is 1.81 bits per heavy atom. The predicted molar refractivity (Wildman–Crippen MR) is 169 cm³/mol. The van der Waals surface area contributed by atoms with Crippen LogP contribution in [0.3, 0.4) is 0 Å². The second kappa shape index (κ2) is 13.6. The first kappa shape index (κ1) is 31.2. The molecule has 5 rings (SSSR count). The summed E-state index contributed by atoms with van der Waals surface area (Å²) in [5.41, 5.74) is 1.01. The molecule has 1 N–H and O–H groups in total. The van der Waals surface area contributed by atoms with Gasteiger partial charge < -0.3 is 24.6 Å². The van der Waals surface area contributed by atoms with Crippen LogP contribution in [0.15, 0.2) is 24.4 Å². The van der Waals surface area contributed by atoms with Gasteiger partial charge in [-0.2, -0.15) is 4.98 Å². The number of likely N-dealkylation sites (N-methyl/N-ethyl adjacent to an activating group) is 1. The molecule has 1 aromatic carbocycles. The minimum absolute atomic E-state index is 0.0862. The zero-order valence-electron chi connectivity index (χ0n) is 25.1. The molecule has 0 radical (unpaired) electrons. The normalized spacial score (nSPS) is 19.4. The van der Waals surface area contributed by atoms with Gasteiger partial charge in [-0.3, -0.25) is 14.6 Å². The van der Waals surface area contributed by atoms with Crippen LogP contribution in [-0.4, -0.2) is 91.7 Å². The Morgan fingerprint density at radius 1 is 1.12 bits per heavy atom. The first-order valence-corrected chi connectivity index (χ1v) is 15.4. The molecule has 2 aliphatic heterocycles. The molecule has 11 nitrogen and oxygen atoms in total. The van der Waals surface area contributed by atoms with E-state index < -0.39 is 0 Å². The zero-order valence-corrected chi connectivity index (χ0v) is 26.6. The third kappa shape index (κ3) is 6.63. The Labute approximate surface area is 262 Å². The lowest BCUT2D eigenvalue weighted by Crippen LogP contribution is -2.53. The van der Waals surface area contributed by atoms with Gasteiger partial charge in [0, 0.05) is 49.6 Å². The van der Waals surface area contributed by atoms with Crippen LogP contribution in [0.2, 0.25) is 10.0 Å². The molecule has 0 spiro atoms. The van der Waals surface area contributed by atoms with E-state index in [0.717, 1.165) is 18.4 Å². The third-order valence-electron chi connectivity index (χ3n) is 8.17. The highest BCUT2D eigenvalue weighted by Crippen LogP contribution is 2.48. The van der Waals surface area contributed by atoms with Gasteiger partial charge in [-0.25, -0.2) is 9.78 Å². The summed E-state index contributed by atoms with van der Waals surface area (Å²) in [4.78, 5) is 43.9. The van der Waals surface area contributed by atoms with E-state index in [-0.39, 0.29) is 40.3 Å². The number of aromatic nitrogens is 2. The average Bonchev–Trinajstić information content (AvgIpc) is 3.48. The maximum absolute atomic E-state index is 14.5. The molecule has 0 bridgehead atoms. The number of nitrogens with zero attached hydrogens (tertiary/aromatic N) is 6. The molecule has 2 fully saturated rings. The summed E-state index contributed by atoms with van der Waals surface area (Å²) in [7, 11) is 6.87. The number of rotatable bonds is 9. The molecule has 1 aliphatic carbocycles. The highest BCUT2D eigenvalue weighted by Gasteiger charge is 2.42. The van der Waals surface area contributed by atoms with Gasteiger partial charge in [0.15, 0.2) is 0 Å². The smallest absolute Gasteiger partial charge is 0.330 e. The summed E-state index contributed by atoms with van der Waals surface area (Å²) in [6.45, 7) is 1.69. The van der Waals surface area contributed by atoms with Crippen LogP contribution in [0.1, 0.15) is 44.1 Å². The van der Waals surface area contributed by atoms with Crippen molar-refractivity contribution >= 4 is 52.6 Å². The van der Waals surface area contributed by atoms with Gasteiger partial charge in [0.1, 0.15) is 27.4 Å². The van der Waals surface area contributed by atoms with Crippen molar-refractivity contribution in [3.8, 4) is 11.5 Å². The zero-order chi connectivity index (χ0) is 30.7. The molecule has 3 amide bonds. The fourth-order valence-electron chi connectivity index (χ4n) is 5.91. The fraction of sp³-hybridized carbons (Fsp3) is 0.533. The largest absolute Gasteiger partial charge is 0.495 e. The minimum Gasteiger partial charge on any atom is -0.495 e. The molecular weight excluding hydrogens is 593 g/mol. The second-order valence-corrected chi connectivity index (χ2v) is 12.2. The number of carbonyl (C=O) groups excluding carboxylic acids is 2. The quantitative estimate of drug-likeness (QED) is 0.376. The van der Waals surface area contributed by atoms with Gasteiger partial charge in [-0.1, -0.05) is 48.5 Å². The monoisotopic (exact) mass is 631 g/mol. The van der Waals surface area contributed by atoms with E-state index in [1.165, 1.54) is 38.4 Å². The molecule has 1 aromatic heterocycles. The van der Waals surface area contributed by atoms with E-state index in [1.54, 1.807) is 28.1 Å². The molecule has 1 unspecified atom stereocenters. The van der Waals surface area contributed by atoms with Crippen molar-refractivity contribution in [3.05, 3.63) is 40.0 Å². The highest BCUT2D eigenvalue weighted by molar-refractivity contribution is 6.42. The number of ether oxygens (including phenoxy) is 2. The van der Waals surface area contributed by atoms with E-state index in [2.05, 4.69) is 10.3 Å². The van der Waals surface area contributed by atoms with Crippen LogP contribution >= 0.6 is 23.2 Å². The van der Waals surface area contributed by atoms with E-state index >= 15 is 0 Å². The number of fused-ring (bicyclic) bond motifs is 1. The van der Waals surface area contributed by atoms with Crippen LogP contribution < -0.4 is 24.6 Å². The molecule has 2 aromatic rings. The number of amides is 3. The Hall–Kier alpha value is -3.28. The highest BCUT2D eigenvalue weighted by atomic mass is 35.5. The van der Waals surface area contributed by atoms with E-state index in [1.807, 2.05) is 25.1 Å². The summed E-state index contributed by atoms with van der Waals surface area (Å²) in [6.07, 6.45) is 11.5.